The molecule has 178 valence electrons. The maximum Gasteiger partial charge on any atom is 0.243 e. The number of carbonyl (C=O) groups excluding carboxylic acids is 2. The van der Waals surface area contributed by atoms with Gasteiger partial charge in [-0.15, -0.1) is 0 Å². The largest absolute Gasteiger partial charge is 0.352 e. The molecule has 0 aromatic heterocycles. The van der Waals surface area contributed by atoms with E-state index >= 15 is 0 Å². The molecular formula is C29H33FN2O2. The molecule has 0 saturated heterocycles. The van der Waals surface area contributed by atoms with Crippen molar-refractivity contribution < 1.29 is 14.0 Å². The van der Waals surface area contributed by atoms with Crippen LogP contribution in [0.1, 0.15) is 42.5 Å². The summed E-state index contributed by atoms with van der Waals surface area (Å²) in [7, 11) is 0. The van der Waals surface area contributed by atoms with Gasteiger partial charge in [0.15, 0.2) is 0 Å². The van der Waals surface area contributed by atoms with Gasteiger partial charge >= 0.3 is 0 Å². The Balaban J connectivity index is 1.97. The number of amides is 2. The number of hydrogen-bond acceptors (Lipinski definition) is 2. The summed E-state index contributed by atoms with van der Waals surface area (Å²) >= 11 is 0. The first-order valence-corrected chi connectivity index (χ1v) is 11.8. The first-order chi connectivity index (χ1) is 16.4. The summed E-state index contributed by atoms with van der Waals surface area (Å²) in [6.07, 6.45) is 1.29. The number of carbonyl (C=O) groups is 2. The number of hydrogen-bond donors (Lipinski definition) is 1. The van der Waals surface area contributed by atoms with E-state index in [2.05, 4.69) is 5.32 Å². The standard InChI is InChI=1S/C29H33FN2O2/c1-4-22(3)31-29(34)27(18-23-11-6-5-7-12-23)32(20-25-13-9-8-10-21(25)2)28(33)19-24-14-16-26(30)17-15-24/h5-17,22,27H,4,18-20H2,1-3H3,(H,31,34)/t22-,27+/m0/s1. The van der Waals surface area contributed by atoms with E-state index in [1.165, 1.54) is 12.1 Å². The summed E-state index contributed by atoms with van der Waals surface area (Å²) in [5.41, 5.74) is 3.74. The maximum atomic E-state index is 13.7. The third-order valence-corrected chi connectivity index (χ3v) is 6.14. The molecule has 0 aliphatic rings. The molecule has 34 heavy (non-hydrogen) atoms. The number of halogens is 1. The zero-order chi connectivity index (χ0) is 24.5. The number of nitrogens with one attached hydrogen (secondary N) is 1. The lowest BCUT2D eigenvalue weighted by Crippen LogP contribution is -2.52. The van der Waals surface area contributed by atoms with Crippen molar-refractivity contribution in [3.05, 3.63) is 107 Å². The minimum Gasteiger partial charge on any atom is -0.352 e. The molecule has 2 atom stereocenters. The molecule has 5 heteroatoms. The van der Waals surface area contributed by atoms with Crippen LogP contribution in [0.4, 0.5) is 4.39 Å². The van der Waals surface area contributed by atoms with Crippen molar-refractivity contribution >= 4 is 11.8 Å². The second-order valence-electron chi connectivity index (χ2n) is 8.77. The average molecular weight is 461 g/mol. The third kappa shape index (κ3) is 7.01. The number of rotatable bonds is 10. The summed E-state index contributed by atoms with van der Waals surface area (Å²) in [4.78, 5) is 28.8. The molecule has 0 aliphatic carbocycles. The first-order valence-electron chi connectivity index (χ1n) is 11.8. The second-order valence-corrected chi connectivity index (χ2v) is 8.77. The summed E-state index contributed by atoms with van der Waals surface area (Å²) in [6.45, 7) is 6.30. The first kappa shape index (κ1) is 25.2. The highest BCUT2D eigenvalue weighted by Gasteiger charge is 2.31. The van der Waals surface area contributed by atoms with Crippen LogP contribution in [0.5, 0.6) is 0 Å². The molecule has 0 spiro atoms. The summed E-state index contributed by atoms with van der Waals surface area (Å²) in [5.74, 6) is -0.683. The fourth-order valence-electron chi connectivity index (χ4n) is 3.84. The highest BCUT2D eigenvalue weighted by molar-refractivity contribution is 5.89. The number of benzene rings is 3. The van der Waals surface area contributed by atoms with Gasteiger partial charge in [0, 0.05) is 19.0 Å². The van der Waals surface area contributed by atoms with Gasteiger partial charge in [-0.1, -0.05) is 73.7 Å². The Morgan fingerprint density at radius 1 is 0.912 bits per heavy atom. The van der Waals surface area contributed by atoms with E-state index in [9.17, 15) is 14.0 Å². The van der Waals surface area contributed by atoms with E-state index in [0.717, 1.165) is 23.1 Å². The zero-order valence-electron chi connectivity index (χ0n) is 20.1. The van der Waals surface area contributed by atoms with Crippen molar-refractivity contribution in [3.63, 3.8) is 0 Å². The second kappa shape index (κ2) is 12.1. The molecule has 0 bridgehead atoms. The lowest BCUT2D eigenvalue weighted by molar-refractivity contribution is -0.141. The highest BCUT2D eigenvalue weighted by Crippen LogP contribution is 2.19. The van der Waals surface area contributed by atoms with E-state index in [1.807, 2.05) is 75.4 Å². The molecule has 4 nitrogen and oxygen atoms in total. The lowest BCUT2D eigenvalue weighted by Gasteiger charge is -2.33. The van der Waals surface area contributed by atoms with Crippen LogP contribution in [-0.2, 0) is 29.0 Å². The summed E-state index contributed by atoms with van der Waals surface area (Å²) in [5, 5.41) is 3.07. The molecular weight excluding hydrogens is 427 g/mol. The fourth-order valence-corrected chi connectivity index (χ4v) is 3.84. The average Bonchev–Trinajstić information content (AvgIpc) is 2.84. The number of aryl methyl sites for hydroxylation is 1. The predicted molar refractivity (Wildman–Crippen MR) is 134 cm³/mol. The van der Waals surface area contributed by atoms with Gasteiger partial charge in [0.05, 0.1) is 6.42 Å². The Kier molecular flexibility index (Phi) is 8.97. The lowest BCUT2D eigenvalue weighted by atomic mass is 10.00. The molecule has 0 aliphatic heterocycles. The maximum absolute atomic E-state index is 13.7. The van der Waals surface area contributed by atoms with Gasteiger partial charge in [-0.05, 0) is 54.7 Å². The smallest absolute Gasteiger partial charge is 0.243 e. The van der Waals surface area contributed by atoms with E-state index < -0.39 is 6.04 Å². The number of nitrogens with zero attached hydrogens (tertiary/aromatic N) is 1. The molecule has 0 radical (unpaired) electrons. The van der Waals surface area contributed by atoms with Gasteiger partial charge in [0.25, 0.3) is 0 Å². The van der Waals surface area contributed by atoms with Crippen molar-refractivity contribution in [2.45, 2.75) is 58.7 Å². The van der Waals surface area contributed by atoms with Gasteiger partial charge in [-0.3, -0.25) is 9.59 Å². The third-order valence-electron chi connectivity index (χ3n) is 6.14. The van der Waals surface area contributed by atoms with E-state index in [1.54, 1.807) is 17.0 Å². The van der Waals surface area contributed by atoms with Crippen molar-refractivity contribution in [3.8, 4) is 0 Å². The van der Waals surface area contributed by atoms with Gasteiger partial charge in [-0.25, -0.2) is 4.39 Å². The molecule has 0 fully saturated rings. The van der Waals surface area contributed by atoms with Crippen LogP contribution in [0, 0.1) is 12.7 Å². The van der Waals surface area contributed by atoms with Crippen molar-refractivity contribution in [1.82, 2.24) is 10.2 Å². The Bertz CT molecular complexity index is 1080. The summed E-state index contributed by atoms with van der Waals surface area (Å²) in [6, 6.07) is 22.9. The summed E-state index contributed by atoms with van der Waals surface area (Å²) < 4.78 is 13.4. The van der Waals surface area contributed by atoms with Gasteiger partial charge in [-0.2, -0.15) is 0 Å². The quantitative estimate of drug-likeness (QED) is 0.450. The molecule has 2 amide bonds. The van der Waals surface area contributed by atoms with Crippen molar-refractivity contribution in [2.24, 2.45) is 0 Å². The van der Waals surface area contributed by atoms with E-state index in [4.69, 9.17) is 0 Å². The van der Waals surface area contributed by atoms with Crippen LogP contribution in [0.15, 0.2) is 78.9 Å². The molecule has 0 saturated carbocycles. The zero-order valence-corrected chi connectivity index (χ0v) is 20.1. The Morgan fingerprint density at radius 2 is 1.56 bits per heavy atom. The van der Waals surface area contributed by atoms with Gasteiger partial charge < -0.3 is 10.2 Å². The molecule has 0 heterocycles. The monoisotopic (exact) mass is 460 g/mol. The van der Waals surface area contributed by atoms with Crippen LogP contribution in [-0.4, -0.2) is 28.8 Å². The molecule has 1 N–H and O–H groups in total. The Morgan fingerprint density at radius 3 is 2.21 bits per heavy atom. The highest BCUT2D eigenvalue weighted by atomic mass is 19.1. The fraction of sp³-hybridized carbons (Fsp3) is 0.310. The van der Waals surface area contributed by atoms with Crippen LogP contribution in [0.3, 0.4) is 0 Å². The molecule has 0 unspecified atom stereocenters. The molecule has 3 aromatic carbocycles. The minimum absolute atomic E-state index is 0.00159. The van der Waals surface area contributed by atoms with Gasteiger partial charge in [0.1, 0.15) is 11.9 Å². The van der Waals surface area contributed by atoms with Crippen LogP contribution in [0.2, 0.25) is 0 Å². The normalized spacial score (nSPS) is 12.6. The van der Waals surface area contributed by atoms with Crippen LogP contribution in [0.25, 0.3) is 0 Å². The van der Waals surface area contributed by atoms with Crippen LogP contribution >= 0.6 is 0 Å². The van der Waals surface area contributed by atoms with Gasteiger partial charge in [0.2, 0.25) is 11.8 Å². The Labute approximate surface area is 201 Å². The Hall–Kier alpha value is -3.47. The van der Waals surface area contributed by atoms with E-state index in [0.29, 0.717) is 18.5 Å². The molecule has 3 rings (SSSR count). The van der Waals surface area contributed by atoms with Crippen molar-refractivity contribution in [1.29, 1.82) is 0 Å². The SMILES string of the molecule is CC[C@H](C)NC(=O)[C@@H](Cc1ccccc1)N(Cc1ccccc1C)C(=O)Cc1ccc(F)cc1. The topological polar surface area (TPSA) is 49.4 Å². The van der Waals surface area contributed by atoms with E-state index in [-0.39, 0.29) is 30.1 Å². The van der Waals surface area contributed by atoms with Crippen molar-refractivity contribution in [2.75, 3.05) is 0 Å². The molecule has 3 aromatic rings. The minimum atomic E-state index is -0.677. The predicted octanol–water partition coefficient (Wildman–Crippen LogP) is 5.23. The van der Waals surface area contributed by atoms with Crippen LogP contribution < -0.4 is 5.32 Å².